The third-order valence-electron chi connectivity index (χ3n) is 4.36. The molecule has 0 saturated carbocycles. The van der Waals surface area contributed by atoms with E-state index >= 15 is 0 Å². The average Bonchev–Trinajstić information content (AvgIpc) is 2.40. The predicted octanol–water partition coefficient (Wildman–Crippen LogP) is 3.37. The molecular weight excluding hydrogens is 238 g/mol. The minimum absolute atomic E-state index is 0.498. The summed E-state index contributed by atoms with van der Waals surface area (Å²) < 4.78 is 5.41. The molecule has 3 heteroatoms. The zero-order chi connectivity index (χ0) is 14.0. The summed E-state index contributed by atoms with van der Waals surface area (Å²) in [5.41, 5.74) is 2.03. The summed E-state index contributed by atoms with van der Waals surface area (Å²) in [6.07, 6.45) is 1.98. The molecule has 1 N–H and O–H groups in total. The van der Waals surface area contributed by atoms with Crippen molar-refractivity contribution in [3.63, 3.8) is 0 Å². The molecule has 0 aromatic heterocycles. The van der Waals surface area contributed by atoms with Crippen LogP contribution in [0.5, 0.6) is 5.75 Å². The third kappa shape index (κ3) is 2.71. The van der Waals surface area contributed by atoms with Crippen LogP contribution in [0.3, 0.4) is 0 Å². The summed E-state index contributed by atoms with van der Waals surface area (Å²) in [5.74, 6) is 1.46. The molecule has 2 rings (SSSR count). The van der Waals surface area contributed by atoms with Gasteiger partial charge in [-0.1, -0.05) is 13.0 Å². The highest BCUT2D eigenvalue weighted by Crippen LogP contribution is 2.38. The van der Waals surface area contributed by atoms with Gasteiger partial charge < -0.3 is 14.7 Å². The molecule has 1 aliphatic heterocycles. The van der Waals surface area contributed by atoms with Crippen LogP contribution < -0.4 is 9.64 Å². The van der Waals surface area contributed by atoms with Gasteiger partial charge in [0.25, 0.3) is 0 Å². The minimum Gasteiger partial charge on any atom is -0.496 e. The second kappa shape index (κ2) is 5.83. The highest BCUT2D eigenvalue weighted by Gasteiger charge is 2.28. The minimum atomic E-state index is -0.518. The average molecular weight is 263 g/mol. The van der Waals surface area contributed by atoms with E-state index in [9.17, 15) is 5.11 Å². The van der Waals surface area contributed by atoms with E-state index < -0.39 is 6.10 Å². The van der Waals surface area contributed by atoms with Gasteiger partial charge in [0.2, 0.25) is 0 Å². The Balaban J connectivity index is 2.43. The Morgan fingerprint density at radius 3 is 2.74 bits per heavy atom. The maximum absolute atomic E-state index is 10.1. The number of hydrogen-bond acceptors (Lipinski definition) is 3. The molecule has 1 aromatic rings. The maximum Gasteiger partial charge on any atom is 0.126 e. The fourth-order valence-corrected chi connectivity index (χ4v) is 3.06. The standard InChI is InChI=1S/C16H25NO2/c1-11-7-6-10-17(12(11)2)14-8-5-9-15(19-4)16(14)13(3)18/h5,8-9,11-13,18H,6-7,10H2,1-4H3. The second-order valence-electron chi connectivity index (χ2n) is 5.62. The lowest BCUT2D eigenvalue weighted by Gasteiger charge is -2.41. The van der Waals surface area contributed by atoms with Crippen molar-refractivity contribution in [1.82, 2.24) is 0 Å². The molecule has 3 unspecified atom stereocenters. The van der Waals surface area contributed by atoms with Crippen molar-refractivity contribution in [1.29, 1.82) is 0 Å². The number of nitrogens with zero attached hydrogens (tertiary/aromatic N) is 1. The smallest absolute Gasteiger partial charge is 0.126 e. The van der Waals surface area contributed by atoms with Gasteiger partial charge in [0.05, 0.1) is 13.2 Å². The van der Waals surface area contributed by atoms with Crippen molar-refractivity contribution in [2.75, 3.05) is 18.6 Å². The number of ether oxygens (including phenoxy) is 1. The highest BCUT2D eigenvalue weighted by molar-refractivity contribution is 5.61. The van der Waals surface area contributed by atoms with Crippen molar-refractivity contribution in [3.05, 3.63) is 23.8 Å². The molecule has 0 bridgehead atoms. The molecule has 1 aromatic carbocycles. The number of aliphatic hydroxyl groups excluding tert-OH is 1. The Kier molecular flexibility index (Phi) is 4.35. The van der Waals surface area contributed by atoms with E-state index in [-0.39, 0.29) is 0 Å². The Morgan fingerprint density at radius 1 is 1.37 bits per heavy atom. The number of benzene rings is 1. The first-order valence-corrected chi connectivity index (χ1v) is 7.17. The van der Waals surface area contributed by atoms with Crippen LogP contribution in [0.1, 0.15) is 45.3 Å². The molecule has 3 nitrogen and oxygen atoms in total. The van der Waals surface area contributed by atoms with Crippen molar-refractivity contribution in [3.8, 4) is 5.75 Å². The molecule has 0 amide bonds. The molecule has 1 fully saturated rings. The molecule has 1 saturated heterocycles. The number of methoxy groups -OCH3 is 1. The van der Waals surface area contributed by atoms with Crippen molar-refractivity contribution in [2.24, 2.45) is 5.92 Å². The Bertz CT molecular complexity index is 431. The monoisotopic (exact) mass is 263 g/mol. The maximum atomic E-state index is 10.1. The molecule has 0 radical (unpaired) electrons. The molecular formula is C16H25NO2. The largest absolute Gasteiger partial charge is 0.496 e. The Hall–Kier alpha value is -1.22. The van der Waals surface area contributed by atoms with E-state index in [1.807, 2.05) is 12.1 Å². The lowest BCUT2D eigenvalue weighted by Crippen LogP contribution is -2.43. The van der Waals surface area contributed by atoms with Gasteiger partial charge in [-0.25, -0.2) is 0 Å². The predicted molar refractivity (Wildman–Crippen MR) is 78.8 cm³/mol. The summed E-state index contributed by atoms with van der Waals surface area (Å²) in [6.45, 7) is 7.44. The lowest BCUT2D eigenvalue weighted by atomic mass is 9.90. The van der Waals surface area contributed by atoms with E-state index in [2.05, 4.69) is 24.8 Å². The van der Waals surface area contributed by atoms with Crippen LogP contribution in [-0.4, -0.2) is 24.8 Å². The summed E-state index contributed by atoms with van der Waals surface area (Å²) in [7, 11) is 1.66. The summed E-state index contributed by atoms with van der Waals surface area (Å²) in [6, 6.07) is 6.52. The van der Waals surface area contributed by atoms with Crippen molar-refractivity contribution in [2.45, 2.75) is 45.8 Å². The van der Waals surface area contributed by atoms with Crippen LogP contribution in [0, 0.1) is 5.92 Å². The van der Waals surface area contributed by atoms with E-state index in [4.69, 9.17) is 4.74 Å². The molecule has 1 heterocycles. The first kappa shape index (κ1) is 14.2. The van der Waals surface area contributed by atoms with E-state index in [1.165, 1.54) is 12.8 Å². The highest BCUT2D eigenvalue weighted by atomic mass is 16.5. The van der Waals surface area contributed by atoms with Gasteiger partial charge in [-0.3, -0.25) is 0 Å². The van der Waals surface area contributed by atoms with Crippen LogP contribution in [0.4, 0.5) is 5.69 Å². The molecule has 3 atom stereocenters. The van der Waals surface area contributed by atoms with Gasteiger partial charge in [0, 0.05) is 23.8 Å². The SMILES string of the molecule is COc1cccc(N2CCCC(C)C2C)c1C(C)O. The second-order valence-corrected chi connectivity index (χ2v) is 5.62. The normalized spacial score (nSPS) is 25.2. The van der Waals surface area contributed by atoms with Crippen LogP contribution in [0.15, 0.2) is 18.2 Å². The Morgan fingerprint density at radius 2 is 2.11 bits per heavy atom. The fourth-order valence-electron chi connectivity index (χ4n) is 3.06. The van der Waals surface area contributed by atoms with Crippen LogP contribution >= 0.6 is 0 Å². The number of aliphatic hydroxyl groups is 1. The molecule has 1 aliphatic rings. The van der Waals surface area contributed by atoms with Gasteiger partial charge in [-0.2, -0.15) is 0 Å². The van der Waals surface area contributed by atoms with Crippen molar-refractivity contribution < 1.29 is 9.84 Å². The van der Waals surface area contributed by atoms with Crippen molar-refractivity contribution >= 4 is 5.69 Å². The van der Waals surface area contributed by atoms with Gasteiger partial charge in [-0.15, -0.1) is 0 Å². The summed E-state index contributed by atoms with van der Waals surface area (Å²) >= 11 is 0. The molecule has 106 valence electrons. The molecule has 0 spiro atoms. The van der Waals surface area contributed by atoms with Gasteiger partial charge in [0.1, 0.15) is 5.75 Å². The van der Waals surface area contributed by atoms with Crippen LogP contribution in [0.25, 0.3) is 0 Å². The quantitative estimate of drug-likeness (QED) is 0.907. The van der Waals surface area contributed by atoms with Crippen LogP contribution in [0.2, 0.25) is 0 Å². The number of anilines is 1. The zero-order valence-corrected chi connectivity index (χ0v) is 12.4. The topological polar surface area (TPSA) is 32.7 Å². The van der Waals surface area contributed by atoms with E-state index in [0.29, 0.717) is 12.0 Å². The number of rotatable bonds is 3. The molecule has 19 heavy (non-hydrogen) atoms. The van der Waals surface area contributed by atoms with Gasteiger partial charge >= 0.3 is 0 Å². The Labute approximate surface area is 116 Å². The lowest BCUT2D eigenvalue weighted by molar-refractivity contribution is 0.194. The summed E-state index contributed by atoms with van der Waals surface area (Å²) in [5, 5.41) is 10.1. The molecule has 0 aliphatic carbocycles. The van der Waals surface area contributed by atoms with E-state index in [1.54, 1.807) is 14.0 Å². The first-order valence-electron chi connectivity index (χ1n) is 7.17. The van der Waals surface area contributed by atoms with Gasteiger partial charge in [0.15, 0.2) is 0 Å². The fraction of sp³-hybridized carbons (Fsp3) is 0.625. The number of hydrogen-bond donors (Lipinski definition) is 1. The number of piperidine rings is 1. The first-order chi connectivity index (χ1) is 9.06. The van der Waals surface area contributed by atoms with Gasteiger partial charge in [-0.05, 0) is 44.7 Å². The zero-order valence-electron chi connectivity index (χ0n) is 12.4. The van der Waals surface area contributed by atoms with Crippen LogP contribution in [-0.2, 0) is 0 Å². The van der Waals surface area contributed by atoms with E-state index in [0.717, 1.165) is 23.5 Å². The summed E-state index contributed by atoms with van der Waals surface area (Å²) in [4.78, 5) is 2.42. The third-order valence-corrected chi connectivity index (χ3v) is 4.36.